The molecule has 2 heterocycles. The molecule has 0 bridgehead atoms. The van der Waals surface area contributed by atoms with Gasteiger partial charge in [-0.05, 0) is 30.5 Å². The Morgan fingerprint density at radius 1 is 1.09 bits per heavy atom. The Morgan fingerprint density at radius 3 is 2.45 bits per heavy atom. The Bertz CT molecular complexity index is 821. The average molecular weight is 295 g/mol. The summed E-state index contributed by atoms with van der Waals surface area (Å²) in [6, 6.07) is 8.22. The second kappa shape index (κ2) is 4.62. The normalized spacial score (nSPS) is 20.0. The Labute approximate surface area is 125 Å². The van der Waals surface area contributed by atoms with Crippen molar-refractivity contribution >= 4 is 11.8 Å². The molecule has 0 spiro atoms. The number of aromatic nitrogens is 2. The van der Waals surface area contributed by atoms with Crippen molar-refractivity contribution in [2.45, 2.75) is 25.3 Å². The third-order valence-electron chi connectivity index (χ3n) is 4.34. The molecule has 0 radical (unpaired) electrons. The molecular formula is C16H13N3O3. The SMILES string of the molecule is O=C1c2ccccc2C(=O)N1C1CCc2cc(=O)[nH]nc2C1. The molecule has 0 saturated carbocycles. The molecule has 1 N–H and O–H groups in total. The molecule has 110 valence electrons. The van der Waals surface area contributed by atoms with E-state index in [-0.39, 0.29) is 23.4 Å². The lowest BCUT2D eigenvalue weighted by atomic mass is 9.91. The number of nitrogens with zero attached hydrogens (tertiary/aromatic N) is 2. The number of hydrogen-bond acceptors (Lipinski definition) is 4. The van der Waals surface area contributed by atoms with E-state index < -0.39 is 0 Å². The van der Waals surface area contributed by atoms with Gasteiger partial charge in [-0.15, -0.1) is 0 Å². The van der Waals surface area contributed by atoms with Crippen LogP contribution in [-0.2, 0) is 12.8 Å². The fraction of sp³-hybridized carbons (Fsp3) is 0.250. The minimum Gasteiger partial charge on any atom is -0.271 e. The van der Waals surface area contributed by atoms with E-state index in [0.29, 0.717) is 30.4 Å². The van der Waals surface area contributed by atoms with E-state index in [4.69, 9.17) is 0 Å². The highest BCUT2D eigenvalue weighted by atomic mass is 16.2. The van der Waals surface area contributed by atoms with Gasteiger partial charge in [0.05, 0.1) is 16.8 Å². The van der Waals surface area contributed by atoms with Gasteiger partial charge in [-0.25, -0.2) is 5.10 Å². The minimum absolute atomic E-state index is 0.210. The van der Waals surface area contributed by atoms with Crippen LogP contribution >= 0.6 is 0 Å². The van der Waals surface area contributed by atoms with Crippen LogP contribution in [0, 0.1) is 0 Å². The first-order valence-corrected chi connectivity index (χ1v) is 7.19. The van der Waals surface area contributed by atoms with E-state index in [1.54, 1.807) is 30.3 Å². The molecule has 1 aliphatic heterocycles. The van der Waals surface area contributed by atoms with Gasteiger partial charge in [0.2, 0.25) is 0 Å². The lowest BCUT2D eigenvalue weighted by molar-refractivity contribution is 0.0570. The molecule has 1 aromatic carbocycles. The first-order chi connectivity index (χ1) is 10.6. The highest BCUT2D eigenvalue weighted by Gasteiger charge is 2.40. The van der Waals surface area contributed by atoms with E-state index in [1.807, 2.05) is 0 Å². The molecule has 0 saturated heterocycles. The maximum Gasteiger partial charge on any atom is 0.264 e. The van der Waals surface area contributed by atoms with Gasteiger partial charge in [-0.3, -0.25) is 19.3 Å². The maximum absolute atomic E-state index is 12.5. The number of rotatable bonds is 1. The molecule has 1 atom stereocenters. The number of aryl methyl sites for hydroxylation is 1. The molecule has 2 aliphatic rings. The average Bonchev–Trinajstić information content (AvgIpc) is 2.79. The van der Waals surface area contributed by atoms with Gasteiger partial charge < -0.3 is 0 Å². The van der Waals surface area contributed by atoms with Crippen LogP contribution < -0.4 is 5.56 Å². The highest BCUT2D eigenvalue weighted by molar-refractivity contribution is 6.21. The second-order valence-electron chi connectivity index (χ2n) is 5.63. The molecule has 22 heavy (non-hydrogen) atoms. The molecule has 0 fully saturated rings. The molecule has 1 unspecified atom stereocenters. The van der Waals surface area contributed by atoms with E-state index in [1.165, 1.54) is 4.90 Å². The van der Waals surface area contributed by atoms with Gasteiger partial charge >= 0.3 is 0 Å². The van der Waals surface area contributed by atoms with E-state index in [9.17, 15) is 14.4 Å². The molecule has 2 aromatic rings. The van der Waals surface area contributed by atoms with Crippen LogP contribution in [-0.4, -0.2) is 33.0 Å². The lowest BCUT2D eigenvalue weighted by Gasteiger charge is -2.29. The monoisotopic (exact) mass is 295 g/mol. The third-order valence-corrected chi connectivity index (χ3v) is 4.34. The molecule has 1 aliphatic carbocycles. The number of carbonyl (C=O) groups is 2. The fourth-order valence-corrected chi connectivity index (χ4v) is 3.27. The fourth-order valence-electron chi connectivity index (χ4n) is 3.27. The molecule has 2 amide bonds. The van der Waals surface area contributed by atoms with Crippen molar-refractivity contribution in [3.8, 4) is 0 Å². The first-order valence-electron chi connectivity index (χ1n) is 7.19. The zero-order valence-electron chi connectivity index (χ0n) is 11.7. The van der Waals surface area contributed by atoms with Gasteiger partial charge in [0, 0.05) is 18.5 Å². The lowest BCUT2D eigenvalue weighted by Crippen LogP contribution is -2.43. The number of benzene rings is 1. The summed E-state index contributed by atoms with van der Waals surface area (Å²) in [4.78, 5) is 37.6. The van der Waals surface area contributed by atoms with Crippen LogP contribution in [0.4, 0.5) is 0 Å². The van der Waals surface area contributed by atoms with Gasteiger partial charge in [-0.1, -0.05) is 12.1 Å². The van der Waals surface area contributed by atoms with Gasteiger partial charge in [0.25, 0.3) is 17.4 Å². The number of hydrogen-bond donors (Lipinski definition) is 1. The summed E-state index contributed by atoms with van der Waals surface area (Å²) in [5.74, 6) is -0.475. The number of amides is 2. The van der Waals surface area contributed by atoms with Gasteiger partial charge in [0.1, 0.15) is 0 Å². The highest BCUT2D eigenvalue weighted by Crippen LogP contribution is 2.29. The third kappa shape index (κ3) is 1.80. The quantitative estimate of drug-likeness (QED) is 0.793. The van der Waals surface area contributed by atoms with Crippen LogP contribution in [0.2, 0.25) is 0 Å². The molecule has 6 nitrogen and oxygen atoms in total. The van der Waals surface area contributed by atoms with Gasteiger partial charge in [0.15, 0.2) is 0 Å². The standard InChI is InChI=1S/C16H13N3O3/c20-14-7-9-5-6-10(8-13(9)17-18-14)19-15(21)11-3-1-2-4-12(11)16(19)22/h1-4,7,10H,5-6,8H2,(H,18,20). The number of H-pyrrole nitrogens is 1. The zero-order chi connectivity index (χ0) is 15.3. The topological polar surface area (TPSA) is 83.1 Å². The van der Waals surface area contributed by atoms with Crippen molar-refractivity contribution in [3.05, 3.63) is 63.1 Å². The molecule has 1 aromatic heterocycles. The van der Waals surface area contributed by atoms with Crippen molar-refractivity contribution in [2.24, 2.45) is 0 Å². The number of fused-ring (bicyclic) bond motifs is 2. The minimum atomic E-state index is -0.238. The van der Waals surface area contributed by atoms with Crippen molar-refractivity contribution in [1.82, 2.24) is 15.1 Å². The summed E-state index contributed by atoms with van der Waals surface area (Å²) in [5.41, 5.74) is 2.36. The Morgan fingerprint density at radius 2 is 1.77 bits per heavy atom. The summed E-state index contributed by atoms with van der Waals surface area (Å²) < 4.78 is 0. The van der Waals surface area contributed by atoms with Crippen molar-refractivity contribution in [3.63, 3.8) is 0 Å². The Balaban J connectivity index is 1.68. The predicted molar refractivity (Wildman–Crippen MR) is 77.6 cm³/mol. The van der Waals surface area contributed by atoms with Crippen LogP contribution in [0.3, 0.4) is 0 Å². The summed E-state index contributed by atoms with van der Waals surface area (Å²) in [6.45, 7) is 0. The summed E-state index contributed by atoms with van der Waals surface area (Å²) in [6.07, 6.45) is 1.78. The van der Waals surface area contributed by atoms with Crippen molar-refractivity contribution in [2.75, 3.05) is 0 Å². The summed E-state index contributed by atoms with van der Waals surface area (Å²) >= 11 is 0. The van der Waals surface area contributed by atoms with Crippen LogP contribution in [0.5, 0.6) is 0 Å². The van der Waals surface area contributed by atoms with E-state index in [2.05, 4.69) is 10.2 Å². The molecule has 6 heteroatoms. The largest absolute Gasteiger partial charge is 0.271 e. The summed E-state index contributed by atoms with van der Waals surface area (Å²) in [5, 5.41) is 6.47. The van der Waals surface area contributed by atoms with E-state index in [0.717, 1.165) is 11.3 Å². The van der Waals surface area contributed by atoms with Crippen LogP contribution in [0.1, 0.15) is 38.4 Å². The number of carbonyl (C=O) groups excluding carboxylic acids is 2. The molecular weight excluding hydrogens is 282 g/mol. The first kappa shape index (κ1) is 12.9. The Kier molecular flexibility index (Phi) is 2.72. The molecule has 4 rings (SSSR count). The van der Waals surface area contributed by atoms with Crippen LogP contribution in [0.25, 0.3) is 0 Å². The van der Waals surface area contributed by atoms with Gasteiger partial charge in [-0.2, -0.15) is 5.10 Å². The maximum atomic E-state index is 12.5. The predicted octanol–water partition coefficient (Wildman–Crippen LogP) is 0.923. The smallest absolute Gasteiger partial charge is 0.264 e. The zero-order valence-corrected chi connectivity index (χ0v) is 11.7. The number of imide groups is 1. The number of aromatic amines is 1. The van der Waals surface area contributed by atoms with Crippen LogP contribution in [0.15, 0.2) is 35.1 Å². The Hall–Kier alpha value is -2.76. The van der Waals surface area contributed by atoms with E-state index >= 15 is 0 Å². The van der Waals surface area contributed by atoms with Crippen molar-refractivity contribution in [1.29, 1.82) is 0 Å². The second-order valence-corrected chi connectivity index (χ2v) is 5.63. The summed E-state index contributed by atoms with van der Waals surface area (Å²) in [7, 11) is 0. The van der Waals surface area contributed by atoms with Crippen molar-refractivity contribution < 1.29 is 9.59 Å². The number of nitrogens with one attached hydrogen (secondary N) is 1.